The molecule has 0 bridgehead atoms. The highest BCUT2D eigenvalue weighted by atomic mass is 16.2. The molecular formula is C16H17N3O. The second-order valence-electron chi connectivity index (χ2n) is 5.09. The lowest BCUT2D eigenvalue weighted by atomic mass is 9.90. The number of rotatable bonds is 2. The van der Waals surface area contributed by atoms with Gasteiger partial charge in [0.1, 0.15) is 0 Å². The topological polar surface area (TPSA) is 46.1 Å². The lowest BCUT2D eigenvalue weighted by Gasteiger charge is -2.32. The molecule has 0 radical (unpaired) electrons. The van der Waals surface area contributed by atoms with Crippen LogP contribution in [-0.2, 0) is 0 Å². The summed E-state index contributed by atoms with van der Waals surface area (Å²) in [6, 6.07) is 7.77. The van der Waals surface area contributed by atoms with E-state index >= 15 is 0 Å². The van der Waals surface area contributed by atoms with Crippen LogP contribution >= 0.6 is 0 Å². The molecule has 0 saturated carbocycles. The molecule has 0 spiro atoms. The van der Waals surface area contributed by atoms with Crippen LogP contribution in [0.3, 0.4) is 0 Å². The smallest absolute Gasteiger partial charge is 0.255 e. The third kappa shape index (κ3) is 2.69. The molecule has 2 aromatic heterocycles. The van der Waals surface area contributed by atoms with Crippen molar-refractivity contribution in [3.8, 4) is 0 Å². The Labute approximate surface area is 118 Å². The summed E-state index contributed by atoms with van der Waals surface area (Å²) >= 11 is 0. The lowest BCUT2D eigenvalue weighted by molar-refractivity contribution is 0.0712. The van der Waals surface area contributed by atoms with E-state index in [1.165, 1.54) is 5.56 Å². The van der Waals surface area contributed by atoms with E-state index in [-0.39, 0.29) is 5.91 Å². The maximum atomic E-state index is 12.3. The number of aromatic nitrogens is 2. The molecule has 4 heteroatoms. The first-order valence-electron chi connectivity index (χ1n) is 6.94. The van der Waals surface area contributed by atoms with Gasteiger partial charge in [-0.25, -0.2) is 0 Å². The second kappa shape index (κ2) is 5.82. The molecule has 0 aromatic carbocycles. The second-order valence-corrected chi connectivity index (χ2v) is 5.09. The van der Waals surface area contributed by atoms with Crippen molar-refractivity contribution >= 4 is 5.91 Å². The van der Waals surface area contributed by atoms with Crippen LogP contribution in [0, 0.1) is 0 Å². The number of nitrogens with zero attached hydrogens (tertiary/aromatic N) is 3. The standard InChI is InChI=1S/C16H17N3O/c20-16(15-2-1-7-18-12-15)19-10-5-14(6-11-19)13-3-8-17-9-4-13/h1-4,7-9,12,14H,5-6,10-11H2. The van der Waals surface area contributed by atoms with Gasteiger partial charge in [-0.3, -0.25) is 14.8 Å². The van der Waals surface area contributed by atoms with E-state index in [1.54, 1.807) is 18.5 Å². The van der Waals surface area contributed by atoms with Crippen molar-refractivity contribution in [2.45, 2.75) is 18.8 Å². The van der Waals surface area contributed by atoms with Crippen molar-refractivity contribution in [2.75, 3.05) is 13.1 Å². The number of piperidine rings is 1. The molecule has 3 heterocycles. The van der Waals surface area contributed by atoms with Crippen LogP contribution in [0.1, 0.15) is 34.7 Å². The Hall–Kier alpha value is -2.23. The first-order chi connectivity index (χ1) is 9.84. The van der Waals surface area contributed by atoms with Crippen LogP contribution in [0.15, 0.2) is 49.1 Å². The zero-order valence-corrected chi connectivity index (χ0v) is 11.3. The van der Waals surface area contributed by atoms with Crippen molar-refractivity contribution < 1.29 is 4.79 Å². The van der Waals surface area contributed by atoms with Gasteiger partial charge in [-0.2, -0.15) is 0 Å². The average Bonchev–Trinajstić information content (AvgIpc) is 2.56. The molecule has 0 aliphatic carbocycles. The van der Waals surface area contributed by atoms with Gasteiger partial charge in [0.15, 0.2) is 0 Å². The Bertz CT molecular complexity index is 563. The summed E-state index contributed by atoms with van der Waals surface area (Å²) in [7, 11) is 0. The summed E-state index contributed by atoms with van der Waals surface area (Å²) in [6.45, 7) is 1.61. The van der Waals surface area contributed by atoms with Crippen molar-refractivity contribution in [3.05, 3.63) is 60.2 Å². The minimum Gasteiger partial charge on any atom is -0.339 e. The Morgan fingerprint density at radius 2 is 1.80 bits per heavy atom. The number of pyridine rings is 2. The third-order valence-corrected chi connectivity index (χ3v) is 3.87. The fourth-order valence-electron chi connectivity index (χ4n) is 2.72. The normalized spacial score (nSPS) is 16.1. The minimum absolute atomic E-state index is 0.0891. The molecule has 1 saturated heterocycles. The highest BCUT2D eigenvalue weighted by molar-refractivity contribution is 5.93. The Balaban J connectivity index is 1.63. The summed E-state index contributed by atoms with van der Waals surface area (Å²) in [6.07, 6.45) is 9.01. The third-order valence-electron chi connectivity index (χ3n) is 3.87. The Morgan fingerprint density at radius 1 is 1.05 bits per heavy atom. The molecule has 0 atom stereocenters. The summed E-state index contributed by atoms with van der Waals surface area (Å²) in [4.78, 5) is 22.3. The summed E-state index contributed by atoms with van der Waals surface area (Å²) in [5.41, 5.74) is 2.00. The maximum absolute atomic E-state index is 12.3. The van der Waals surface area contributed by atoms with Crippen molar-refractivity contribution in [1.29, 1.82) is 0 Å². The van der Waals surface area contributed by atoms with Gasteiger partial charge in [0, 0.05) is 37.9 Å². The van der Waals surface area contributed by atoms with E-state index in [0.29, 0.717) is 11.5 Å². The van der Waals surface area contributed by atoms with E-state index in [2.05, 4.69) is 22.1 Å². The first-order valence-corrected chi connectivity index (χ1v) is 6.94. The number of hydrogen-bond donors (Lipinski definition) is 0. The number of amides is 1. The molecule has 0 N–H and O–H groups in total. The molecule has 4 nitrogen and oxygen atoms in total. The van der Waals surface area contributed by atoms with Gasteiger partial charge < -0.3 is 4.90 Å². The van der Waals surface area contributed by atoms with E-state index in [9.17, 15) is 4.79 Å². The van der Waals surface area contributed by atoms with Gasteiger partial charge in [0.05, 0.1) is 5.56 Å². The minimum atomic E-state index is 0.0891. The number of hydrogen-bond acceptors (Lipinski definition) is 3. The van der Waals surface area contributed by atoms with Gasteiger partial charge >= 0.3 is 0 Å². The molecule has 0 unspecified atom stereocenters. The predicted molar refractivity (Wildman–Crippen MR) is 76.4 cm³/mol. The summed E-state index contributed by atoms with van der Waals surface area (Å²) < 4.78 is 0. The highest BCUT2D eigenvalue weighted by Gasteiger charge is 2.24. The largest absolute Gasteiger partial charge is 0.339 e. The quantitative estimate of drug-likeness (QED) is 0.840. The Kier molecular flexibility index (Phi) is 3.72. The first kappa shape index (κ1) is 12.8. The molecule has 2 aromatic rings. The fourth-order valence-corrected chi connectivity index (χ4v) is 2.72. The number of carbonyl (C=O) groups is 1. The monoisotopic (exact) mass is 267 g/mol. The van der Waals surface area contributed by atoms with E-state index < -0.39 is 0 Å². The van der Waals surface area contributed by atoms with Crippen molar-refractivity contribution in [1.82, 2.24) is 14.9 Å². The number of carbonyl (C=O) groups excluding carboxylic acids is 1. The number of likely N-dealkylation sites (tertiary alicyclic amines) is 1. The van der Waals surface area contributed by atoms with E-state index in [0.717, 1.165) is 25.9 Å². The SMILES string of the molecule is O=C(c1cccnc1)N1CCC(c2ccncc2)CC1. The molecule has 1 fully saturated rings. The van der Waals surface area contributed by atoms with Crippen LogP contribution < -0.4 is 0 Å². The highest BCUT2D eigenvalue weighted by Crippen LogP contribution is 2.27. The van der Waals surface area contributed by atoms with Gasteiger partial charge in [-0.1, -0.05) is 0 Å². The zero-order valence-electron chi connectivity index (χ0n) is 11.3. The van der Waals surface area contributed by atoms with Crippen LogP contribution in [-0.4, -0.2) is 33.9 Å². The lowest BCUT2D eigenvalue weighted by Crippen LogP contribution is -2.37. The molecular weight excluding hydrogens is 250 g/mol. The van der Waals surface area contributed by atoms with Crippen molar-refractivity contribution in [2.24, 2.45) is 0 Å². The van der Waals surface area contributed by atoms with Gasteiger partial charge in [-0.15, -0.1) is 0 Å². The maximum Gasteiger partial charge on any atom is 0.255 e. The van der Waals surface area contributed by atoms with Crippen LogP contribution in [0.25, 0.3) is 0 Å². The molecule has 1 amide bonds. The van der Waals surface area contributed by atoms with Crippen LogP contribution in [0.4, 0.5) is 0 Å². The van der Waals surface area contributed by atoms with Gasteiger partial charge in [0.25, 0.3) is 5.91 Å². The fraction of sp³-hybridized carbons (Fsp3) is 0.312. The molecule has 20 heavy (non-hydrogen) atoms. The molecule has 3 rings (SSSR count). The van der Waals surface area contributed by atoms with Crippen LogP contribution in [0.5, 0.6) is 0 Å². The molecule has 1 aliphatic rings. The van der Waals surface area contributed by atoms with Gasteiger partial charge in [0.2, 0.25) is 0 Å². The summed E-state index contributed by atoms with van der Waals surface area (Å²) in [5.74, 6) is 0.627. The predicted octanol–water partition coefficient (Wildman–Crippen LogP) is 2.50. The Morgan fingerprint density at radius 3 is 2.45 bits per heavy atom. The van der Waals surface area contributed by atoms with E-state index in [1.807, 2.05) is 23.4 Å². The average molecular weight is 267 g/mol. The van der Waals surface area contributed by atoms with Crippen molar-refractivity contribution in [3.63, 3.8) is 0 Å². The van der Waals surface area contributed by atoms with E-state index in [4.69, 9.17) is 0 Å². The summed E-state index contributed by atoms with van der Waals surface area (Å²) in [5, 5.41) is 0. The molecule has 102 valence electrons. The molecule has 1 aliphatic heterocycles. The zero-order chi connectivity index (χ0) is 13.8. The van der Waals surface area contributed by atoms with Gasteiger partial charge in [-0.05, 0) is 48.6 Å². The van der Waals surface area contributed by atoms with Crippen LogP contribution in [0.2, 0.25) is 0 Å².